The van der Waals surface area contributed by atoms with Gasteiger partial charge in [0.15, 0.2) is 0 Å². The Morgan fingerprint density at radius 2 is 2.27 bits per heavy atom. The summed E-state index contributed by atoms with van der Waals surface area (Å²) in [7, 11) is 0. The highest BCUT2D eigenvalue weighted by atomic mass is 14.9. The Labute approximate surface area is 89.7 Å². The van der Waals surface area contributed by atoms with Gasteiger partial charge in [0.05, 0.1) is 11.0 Å². The van der Waals surface area contributed by atoms with Crippen molar-refractivity contribution in [3.63, 3.8) is 0 Å². The van der Waals surface area contributed by atoms with Crippen LogP contribution in [0.1, 0.15) is 30.7 Å². The van der Waals surface area contributed by atoms with E-state index in [0.717, 1.165) is 23.3 Å². The quantitative estimate of drug-likeness (QED) is 0.804. The third-order valence-electron chi connectivity index (χ3n) is 2.90. The molecule has 0 saturated carbocycles. The molecule has 2 rings (SSSR count). The van der Waals surface area contributed by atoms with Crippen LogP contribution >= 0.6 is 0 Å². The van der Waals surface area contributed by atoms with Gasteiger partial charge in [-0.1, -0.05) is 19.1 Å². The maximum absolute atomic E-state index is 5.72. The van der Waals surface area contributed by atoms with Crippen LogP contribution in [0.4, 0.5) is 0 Å². The molecule has 2 aromatic rings. The van der Waals surface area contributed by atoms with Crippen LogP contribution in [-0.2, 0) is 0 Å². The van der Waals surface area contributed by atoms with Gasteiger partial charge >= 0.3 is 0 Å². The van der Waals surface area contributed by atoms with E-state index >= 15 is 0 Å². The third-order valence-corrected chi connectivity index (χ3v) is 2.90. The summed E-state index contributed by atoms with van der Waals surface area (Å²) >= 11 is 0. The van der Waals surface area contributed by atoms with E-state index in [1.165, 1.54) is 5.56 Å². The Balaban J connectivity index is 2.51. The van der Waals surface area contributed by atoms with Gasteiger partial charge in [-0.05, 0) is 25.0 Å². The molecule has 0 aliphatic carbocycles. The number of para-hydroxylation sites is 1. The highest BCUT2D eigenvalue weighted by Gasteiger charge is 2.12. The minimum Gasteiger partial charge on any atom is -0.342 e. The van der Waals surface area contributed by atoms with Crippen molar-refractivity contribution in [3.8, 4) is 0 Å². The molecule has 0 radical (unpaired) electrons. The minimum atomic E-state index is 0.344. The van der Waals surface area contributed by atoms with Gasteiger partial charge in [-0.3, -0.25) is 0 Å². The normalized spacial score (nSPS) is 13.3. The fourth-order valence-corrected chi connectivity index (χ4v) is 1.86. The van der Waals surface area contributed by atoms with E-state index in [-0.39, 0.29) is 0 Å². The number of aromatic nitrogens is 2. The lowest BCUT2D eigenvalue weighted by atomic mass is 10.1. The van der Waals surface area contributed by atoms with Crippen LogP contribution in [0.5, 0.6) is 0 Å². The van der Waals surface area contributed by atoms with E-state index in [9.17, 15) is 0 Å². The first-order valence-corrected chi connectivity index (χ1v) is 5.41. The summed E-state index contributed by atoms with van der Waals surface area (Å²) in [5, 5.41) is 0. The van der Waals surface area contributed by atoms with Gasteiger partial charge in [-0.25, -0.2) is 4.98 Å². The molecule has 3 heteroatoms. The molecule has 3 N–H and O–H groups in total. The molecule has 0 aliphatic heterocycles. The molecule has 1 aromatic carbocycles. The summed E-state index contributed by atoms with van der Waals surface area (Å²) in [6.45, 7) is 4.86. The smallest absolute Gasteiger partial charge is 0.111 e. The molecule has 0 fully saturated rings. The van der Waals surface area contributed by atoms with Gasteiger partial charge in [0.25, 0.3) is 0 Å². The van der Waals surface area contributed by atoms with Crippen LogP contribution in [-0.4, -0.2) is 16.5 Å². The van der Waals surface area contributed by atoms with E-state index in [0.29, 0.717) is 12.5 Å². The van der Waals surface area contributed by atoms with Crippen LogP contribution in [0.2, 0.25) is 0 Å². The first kappa shape index (κ1) is 10.2. The summed E-state index contributed by atoms with van der Waals surface area (Å²) in [6.07, 6.45) is 1.02. The first-order valence-electron chi connectivity index (χ1n) is 5.41. The van der Waals surface area contributed by atoms with E-state index in [1.807, 2.05) is 6.07 Å². The minimum absolute atomic E-state index is 0.344. The van der Waals surface area contributed by atoms with Crippen molar-refractivity contribution in [3.05, 3.63) is 29.6 Å². The summed E-state index contributed by atoms with van der Waals surface area (Å²) < 4.78 is 0. The Bertz CT molecular complexity index is 455. The predicted octanol–water partition coefficient (Wildman–Crippen LogP) is 2.32. The SMILES string of the molecule is CCC(CN)c1nc2c(C)cccc2[nH]1. The number of rotatable bonds is 3. The Morgan fingerprint density at radius 3 is 2.87 bits per heavy atom. The molecule has 0 saturated heterocycles. The highest BCUT2D eigenvalue weighted by Crippen LogP contribution is 2.21. The zero-order valence-corrected chi connectivity index (χ0v) is 9.25. The molecule has 0 spiro atoms. The van der Waals surface area contributed by atoms with Crippen molar-refractivity contribution in [2.45, 2.75) is 26.2 Å². The largest absolute Gasteiger partial charge is 0.342 e. The predicted molar refractivity (Wildman–Crippen MR) is 62.9 cm³/mol. The maximum atomic E-state index is 5.72. The number of imidazole rings is 1. The van der Waals surface area contributed by atoms with Crippen molar-refractivity contribution in [2.24, 2.45) is 5.73 Å². The van der Waals surface area contributed by atoms with Gasteiger partial charge in [0.2, 0.25) is 0 Å². The molecule has 1 heterocycles. The molecule has 0 amide bonds. The van der Waals surface area contributed by atoms with Gasteiger partial charge in [-0.15, -0.1) is 0 Å². The van der Waals surface area contributed by atoms with Crippen molar-refractivity contribution in [1.82, 2.24) is 9.97 Å². The first-order chi connectivity index (χ1) is 7.26. The molecule has 1 unspecified atom stereocenters. The molecule has 1 aromatic heterocycles. The van der Waals surface area contributed by atoms with Crippen molar-refractivity contribution in [2.75, 3.05) is 6.54 Å². The number of nitrogens with zero attached hydrogens (tertiary/aromatic N) is 1. The fraction of sp³-hybridized carbons (Fsp3) is 0.417. The number of nitrogens with one attached hydrogen (secondary N) is 1. The van der Waals surface area contributed by atoms with E-state index < -0.39 is 0 Å². The number of fused-ring (bicyclic) bond motifs is 1. The van der Waals surface area contributed by atoms with Crippen LogP contribution in [0.25, 0.3) is 11.0 Å². The van der Waals surface area contributed by atoms with Crippen LogP contribution in [0.15, 0.2) is 18.2 Å². The third kappa shape index (κ3) is 1.75. The lowest BCUT2D eigenvalue weighted by Gasteiger charge is -2.07. The number of hydrogen-bond donors (Lipinski definition) is 2. The topological polar surface area (TPSA) is 54.7 Å². The number of aryl methyl sites for hydroxylation is 1. The molecular weight excluding hydrogens is 186 g/mol. The van der Waals surface area contributed by atoms with E-state index in [2.05, 4.69) is 35.9 Å². The second-order valence-electron chi connectivity index (χ2n) is 3.93. The molecule has 80 valence electrons. The van der Waals surface area contributed by atoms with Crippen molar-refractivity contribution >= 4 is 11.0 Å². The second kappa shape index (κ2) is 4.03. The van der Waals surface area contributed by atoms with Gasteiger partial charge in [0.1, 0.15) is 5.82 Å². The number of benzene rings is 1. The van der Waals surface area contributed by atoms with E-state index in [4.69, 9.17) is 5.73 Å². The van der Waals surface area contributed by atoms with Crippen molar-refractivity contribution < 1.29 is 0 Å². The lowest BCUT2D eigenvalue weighted by molar-refractivity contribution is 0.641. The van der Waals surface area contributed by atoms with Gasteiger partial charge in [-0.2, -0.15) is 0 Å². The monoisotopic (exact) mass is 203 g/mol. The average Bonchev–Trinajstić information content (AvgIpc) is 2.65. The molecule has 1 atom stereocenters. The molecule has 0 bridgehead atoms. The van der Waals surface area contributed by atoms with E-state index in [1.54, 1.807) is 0 Å². The Kier molecular flexibility index (Phi) is 2.73. The van der Waals surface area contributed by atoms with Crippen LogP contribution in [0, 0.1) is 6.92 Å². The summed E-state index contributed by atoms with van der Waals surface area (Å²) in [4.78, 5) is 7.97. The second-order valence-corrected chi connectivity index (χ2v) is 3.93. The Hall–Kier alpha value is -1.35. The standard InChI is InChI=1S/C12H17N3/c1-3-9(7-13)12-14-10-6-4-5-8(2)11(10)15-12/h4-6,9H,3,7,13H2,1-2H3,(H,14,15). The van der Waals surface area contributed by atoms with Crippen LogP contribution < -0.4 is 5.73 Å². The van der Waals surface area contributed by atoms with Gasteiger partial charge in [0, 0.05) is 12.5 Å². The molecule has 0 aliphatic rings. The summed E-state index contributed by atoms with van der Waals surface area (Å²) in [6, 6.07) is 6.18. The average molecular weight is 203 g/mol. The summed E-state index contributed by atoms with van der Waals surface area (Å²) in [5.74, 6) is 1.36. The number of hydrogen-bond acceptors (Lipinski definition) is 2. The fourth-order valence-electron chi connectivity index (χ4n) is 1.86. The highest BCUT2D eigenvalue weighted by molar-refractivity contribution is 5.78. The number of aromatic amines is 1. The Morgan fingerprint density at radius 1 is 1.47 bits per heavy atom. The zero-order chi connectivity index (χ0) is 10.8. The van der Waals surface area contributed by atoms with Crippen LogP contribution in [0.3, 0.4) is 0 Å². The molecule has 15 heavy (non-hydrogen) atoms. The van der Waals surface area contributed by atoms with Gasteiger partial charge < -0.3 is 10.7 Å². The lowest BCUT2D eigenvalue weighted by Crippen LogP contribution is -2.12. The molecular formula is C12H17N3. The number of nitrogens with two attached hydrogens (primary N) is 1. The zero-order valence-electron chi connectivity index (χ0n) is 9.25. The number of H-pyrrole nitrogens is 1. The van der Waals surface area contributed by atoms with Crippen molar-refractivity contribution in [1.29, 1.82) is 0 Å². The molecule has 3 nitrogen and oxygen atoms in total. The summed E-state index contributed by atoms with van der Waals surface area (Å²) in [5.41, 5.74) is 9.10. The maximum Gasteiger partial charge on any atom is 0.111 e.